The van der Waals surface area contributed by atoms with Gasteiger partial charge in [-0.3, -0.25) is 4.79 Å². The Hall–Kier alpha value is -1.00. The molecule has 0 unspecified atom stereocenters. The first-order valence-electron chi connectivity index (χ1n) is 8.41. The zero-order chi connectivity index (χ0) is 15.8. The van der Waals surface area contributed by atoms with Gasteiger partial charge in [-0.05, 0) is 55.3 Å². The van der Waals surface area contributed by atoms with E-state index in [0.717, 1.165) is 62.0 Å². The molecule has 1 aliphatic heterocycles. The molecule has 0 radical (unpaired) electrons. The van der Waals surface area contributed by atoms with E-state index in [1.165, 1.54) is 5.56 Å². The maximum Gasteiger partial charge on any atom is 0.253 e. The number of carbonyl (C=O) groups is 1. The van der Waals surface area contributed by atoms with Crippen LogP contribution in [0.2, 0.25) is 0 Å². The van der Waals surface area contributed by atoms with Gasteiger partial charge in [0.15, 0.2) is 0 Å². The normalized spacial score (nSPS) is 16.0. The molecule has 22 heavy (non-hydrogen) atoms. The molecule has 1 amide bonds. The standard InChI is InChI=1S/C18H28N2OS/c1-3-19-13-15-9-11-20(12-10-15)18(21)17-7-5-16(6-8-17)14-22-4-2/h5-8,15,19H,3-4,9-14H2,1-2H3. The van der Waals surface area contributed by atoms with Gasteiger partial charge in [0.2, 0.25) is 0 Å². The van der Waals surface area contributed by atoms with Gasteiger partial charge in [-0.2, -0.15) is 11.8 Å². The lowest BCUT2D eigenvalue weighted by Gasteiger charge is -2.32. The molecule has 1 fully saturated rings. The van der Waals surface area contributed by atoms with Crippen LogP contribution in [0, 0.1) is 5.92 Å². The Morgan fingerprint density at radius 3 is 2.50 bits per heavy atom. The van der Waals surface area contributed by atoms with Gasteiger partial charge in [-0.15, -0.1) is 0 Å². The van der Waals surface area contributed by atoms with Crippen LogP contribution in [-0.4, -0.2) is 42.7 Å². The Morgan fingerprint density at radius 1 is 1.23 bits per heavy atom. The minimum absolute atomic E-state index is 0.191. The first-order valence-corrected chi connectivity index (χ1v) is 9.56. The molecule has 0 aliphatic carbocycles. The van der Waals surface area contributed by atoms with Crippen molar-refractivity contribution in [2.75, 3.05) is 31.9 Å². The third-order valence-corrected chi connectivity index (χ3v) is 5.20. The number of thioether (sulfide) groups is 1. The van der Waals surface area contributed by atoms with E-state index in [1.54, 1.807) is 0 Å². The molecule has 122 valence electrons. The van der Waals surface area contributed by atoms with Crippen LogP contribution in [0.3, 0.4) is 0 Å². The zero-order valence-corrected chi connectivity index (χ0v) is 14.6. The largest absolute Gasteiger partial charge is 0.339 e. The lowest BCUT2D eigenvalue weighted by atomic mass is 9.96. The van der Waals surface area contributed by atoms with E-state index in [9.17, 15) is 4.79 Å². The quantitative estimate of drug-likeness (QED) is 0.836. The second kappa shape index (κ2) is 9.21. The van der Waals surface area contributed by atoms with Crippen LogP contribution in [0.1, 0.15) is 42.6 Å². The van der Waals surface area contributed by atoms with Gasteiger partial charge in [0.25, 0.3) is 5.91 Å². The molecule has 0 bridgehead atoms. The summed E-state index contributed by atoms with van der Waals surface area (Å²) in [5.41, 5.74) is 2.13. The molecule has 4 heteroatoms. The summed E-state index contributed by atoms with van der Waals surface area (Å²) in [6.45, 7) is 8.21. The summed E-state index contributed by atoms with van der Waals surface area (Å²) in [5, 5.41) is 3.41. The summed E-state index contributed by atoms with van der Waals surface area (Å²) in [4.78, 5) is 14.6. The summed E-state index contributed by atoms with van der Waals surface area (Å²) in [6, 6.07) is 8.15. The third-order valence-electron chi connectivity index (χ3n) is 4.26. The summed E-state index contributed by atoms with van der Waals surface area (Å²) in [5.74, 6) is 3.07. The van der Waals surface area contributed by atoms with Crippen LogP contribution in [0.4, 0.5) is 0 Å². The van der Waals surface area contributed by atoms with E-state index in [4.69, 9.17) is 0 Å². The summed E-state index contributed by atoms with van der Waals surface area (Å²) < 4.78 is 0. The molecule has 1 saturated heterocycles. The number of nitrogens with one attached hydrogen (secondary N) is 1. The smallest absolute Gasteiger partial charge is 0.253 e. The van der Waals surface area contributed by atoms with Crippen molar-refractivity contribution in [3.8, 4) is 0 Å². The molecule has 2 rings (SSSR count). The molecule has 0 atom stereocenters. The summed E-state index contributed by atoms with van der Waals surface area (Å²) >= 11 is 1.91. The zero-order valence-electron chi connectivity index (χ0n) is 13.8. The van der Waals surface area contributed by atoms with Crippen molar-refractivity contribution < 1.29 is 4.79 Å². The number of likely N-dealkylation sites (tertiary alicyclic amines) is 1. The molecule has 1 aromatic carbocycles. The van der Waals surface area contributed by atoms with E-state index in [1.807, 2.05) is 28.8 Å². The van der Waals surface area contributed by atoms with Gasteiger partial charge in [0, 0.05) is 24.4 Å². The van der Waals surface area contributed by atoms with Crippen molar-refractivity contribution in [1.82, 2.24) is 10.2 Å². The molecular formula is C18H28N2OS. The molecule has 0 saturated carbocycles. The highest BCUT2D eigenvalue weighted by molar-refractivity contribution is 7.98. The number of piperidine rings is 1. The highest BCUT2D eigenvalue weighted by atomic mass is 32.2. The fraction of sp³-hybridized carbons (Fsp3) is 0.611. The molecular weight excluding hydrogens is 292 g/mol. The third kappa shape index (κ3) is 5.03. The first-order chi connectivity index (χ1) is 10.7. The molecule has 1 aliphatic rings. The SMILES string of the molecule is CCNCC1CCN(C(=O)c2ccc(CSCC)cc2)CC1. The average molecular weight is 321 g/mol. The molecule has 0 spiro atoms. The van der Waals surface area contributed by atoms with Gasteiger partial charge < -0.3 is 10.2 Å². The number of benzene rings is 1. The molecule has 1 heterocycles. The van der Waals surface area contributed by atoms with Crippen molar-refractivity contribution in [3.05, 3.63) is 35.4 Å². The van der Waals surface area contributed by atoms with Crippen molar-refractivity contribution in [3.63, 3.8) is 0 Å². The Bertz CT molecular complexity index is 453. The van der Waals surface area contributed by atoms with E-state index in [2.05, 4.69) is 31.3 Å². The molecule has 1 aromatic rings. The Morgan fingerprint density at radius 2 is 1.91 bits per heavy atom. The van der Waals surface area contributed by atoms with Crippen LogP contribution in [-0.2, 0) is 5.75 Å². The second-order valence-corrected chi connectivity index (χ2v) is 7.15. The van der Waals surface area contributed by atoms with Crippen LogP contribution in [0.15, 0.2) is 24.3 Å². The minimum Gasteiger partial charge on any atom is -0.339 e. The van der Waals surface area contributed by atoms with Gasteiger partial charge >= 0.3 is 0 Å². The number of nitrogens with zero attached hydrogens (tertiary/aromatic N) is 1. The van der Waals surface area contributed by atoms with E-state index in [-0.39, 0.29) is 5.91 Å². The van der Waals surface area contributed by atoms with Crippen LogP contribution in [0.5, 0.6) is 0 Å². The average Bonchev–Trinajstić information content (AvgIpc) is 2.58. The molecule has 0 aromatic heterocycles. The molecule has 1 N–H and O–H groups in total. The monoisotopic (exact) mass is 320 g/mol. The fourth-order valence-electron chi connectivity index (χ4n) is 2.83. The first kappa shape index (κ1) is 17.4. The number of carbonyl (C=O) groups excluding carboxylic acids is 1. The van der Waals surface area contributed by atoms with E-state index in [0.29, 0.717) is 0 Å². The van der Waals surface area contributed by atoms with Crippen molar-refractivity contribution >= 4 is 17.7 Å². The van der Waals surface area contributed by atoms with Gasteiger partial charge in [-0.1, -0.05) is 26.0 Å². The van der Waals surface area contributed by atoms with Crippen molar-refractivity contribution in [2.24, 2.45) is 5.92 Å². The van der Waals surface area contributed by atoms with Gasteiger partial charge in [-0.25, -0.2) is 0 Å². The number of rotatable bonds is 7. The number of hydrogen-bond acceptors (Lipinski definition) is 3. The highest BCUT2D eigenvalue weighted by Crippen LogP contribution is 2.19. The predicted octanol–water partition coefficient (Wildman–Crippen LogP) is 3.40. The Balaban J connectivity index is 1.84. The predicted molar refractivity (Wildman–Crippen MR) is 95.4 cm³/mol. The van der Waals surface area contributed by atoms with Crippen LogP contribution >= 0.6 is 11.8 Å². The van der Waals surface area contributed by atoms with Crippen molar-refractivity contribution in [1.29, 1.82) is 0 Å². The second-order valence-electron chi connectivity index (χ2n) is 5.88. The summed E-state index contributed by atoms with van der Waals surface area (Å²) in [6.07, 6.45) is 2.23. The number of amides is 1. The van der Waals surface area contributed by atoms with Gasteiger partial charge in [0.1, 0.15) is 0 Å². The lowest BCUT2D eigenvalue weighted by molar-refractivity contribution is 0.0690. The minimum atomic E-state index is 0.191. The van der Waals surface area contributed by atoms with Crippen molar-refractivity contribution in [2.45, 2.75) is 32.4 Å². The highest BCUT2D eigenvalue weighted by Gasteiger charge is 2.23. The summed E-state index contributed by atoms with van der Waals surface area (Å²) in [7, 11) is 0. The number of hydrogen-bond donors (Lipinski definition) is 1. The Kier molecular flexibility index (Phi) is 7.26. The topological polar surface area (TPSA) is 32.3 Å². The van der Waals surface area contributed by atoms with Gasteiger partial charge in [0.05, 0.1) is 0 Å². The van der Waals surface area contributed by atoms with Crippen LogP contribution in [0.25, 0.3) is 0 Å². The lowest BCUT2D eigenvalue weighted by Crippen LogP contribution is -2.40. The molecule has 3 nitrogen and oxygen atoms in total. The maximum atomic E-state index is 12.6. The van der Waals surface area contributed by atoms with E-state index < -0.39 is 0 Å². The fourth-order valence-corrected chi connectivity index (χ4v) is 3.47. The van der Waals surface area contributed by atoms with Crippen LogP contribution < -0.4 is 5.32 Å². The Labute approximate surface area is 138 Å². The van der Waals surface area contributed by atoms with E-state index >= 15 is 0 Å². The maximum absolute atomic E-state index is 12.6.